The normalized spacial score (nSPS) is 15.9. The maximum atomic E-state index is 13.7. The number of alkyl halides is 3. The average Bonchev–Trinajstić information content (AvgIpc) is 3.45. The number of carbonyl (C=O) groups excluding carboxylic acids is 2. The van der Waals surface area contributed by atoms with Crippen molar-refractivity contribution in [2.24, 2.45) is 0 Å². The highest BCUT2D eigenvalue weighted by atomic mass is 19.4. The predicted molar refractivity (Wildman–Crippen MR) is 113 cm³/mol. The van der Waals surface area contributed by atoms with E-state index in [9.17, 15) is 22.8 Å². The van der Waals surface area contributed by atoms with Crippen LogP contribution in [0.5, 0.6) is 0 Å². The third-order valence-corrected chi connectivity index (χ3v) is 5.18. The Labute approximate surface area is 186 Å². The second-order valence-corrected chi connectivity index (χ2v) is 7.45. The first kappa shape index (κ1) is 22.5. The molecule has 1 fully saturated rings. The summed E-state index contributed by atoms with van der Waals surface area (Å²) in [6.45, 7) is 2.05. The number of rotatable bonds is 5. The fraction of sp³-hybridized carbons (Fsp3) is 0.273. The first-order chi connectivity index (χ1) is 15.7. The van der Waals surface area contributed by atoms with Crippen molar-refractivity contribution in [2.75, 3.05) is 17.2 Å². The lowest BCUT2D eigenvalue weighted by molar-refractivity contribution is -0.137. The van der Waals surface area contributed by atoms with Crippen molar-refractivity contribution in [2.45, 2.75) is 32.0 Å². The van der Waals surface area contributed by atoms with Crippen molar-refractivity contribution in [1.29, 1.82) is 0 Å². The van der Waals surface area contributed by atoms with Crippen LogP contribution in [0.1, 0.15) is 34.5 Å². The monoisotopic (exact) mass is 459 g/mol. The number of nitrogens with zero attached hydrogens (tertiary/aromatic N) is 3. The molecular weight excluding hydrogens is 439 g/mol. The van der Waals surface area contributed by atoms with Crippen LogP contribution in [0.4, 0.5) is 24.5 Å². The molecule has 2 N–H and O–H groups in total. The van der Waals surface area contributed by atoms with Crippen molar-refractivity contribution in [3.05, 3.63) is 65.6 Å². The van der Waals surface area contributed by atoms with Crippen LogP contribution in [0.15, 0.2) is 48.8 Å². The molecule has 0 spiro atoms. The Hall–Kier alpha value is -3.73. The van der Waals surface area contributed by atoms with Gasteiger partial charge in [-0.25, -0.2) is 9.67 Å². The van der Waals surface area contributed by atoms with Crippen LogP contribution in [-0.4, -0.2) is 39.3 Å². The van der Waals surface area contributed by atoms with Gasteiger partial charge in [-0.05, 0) is 50.1 Å². The van der Waals surface area contributed by atoms with E-state index >= 15 is 0 Å². The zero-order valence-corrected chi connectivity index (χ0v) is 17.5. The van der Waals surface area contributed by atoms with E-state index in [1.165, 1.54) is 16.9 Å². The van der Waals surface area contributed by atoms with E-state index in [2.05, 4.69) is 20.7 Å². The first-order valence-electron chi connectivity index (χ1n) is 10.1. The van der Waals surface area contributed by atoms with Crippen LogP contribution < -0.4 is 10.6 Å². The lowest BCUT2D eigenvalue weighted by atomic mass is 10.1. The minimum absolute atomic E-state index is 0.0417. The van der Waals surface area contributed by atoms with Crippen LogP contribution in [0.25, 0.3) is 5.82 Å². The highest BCUT2D eigenvalue weighted by Crippen LogP contribution is 2.37. The van der Waals surface area contributed by atoms with Gasteiger partial charge in [0, 0.05) is 18.5 Å². The lowest BCUT2D eigenvalue weighted by Gasteiger charge is -2.16. The number of nitrogens with one attached hydrogen (secondary N) is 2. The summed E-state index contributed by atoms with van der Waals surface area (Å²) in [6.07, 6.45) is -1.39. The Kier molecular flexibility index (Phi) is 6.14. The Morgan fingerprint density at radius 2 is 2.00 bits per heavy atom. The van der Waals surface area contributed by atoms with Crippen LogP contribution in [-0.2, 0) is 15.7 Å². The van der Waals surface area contributed by atoms with Crippen LogP contribution in [0.2, 0.25) is 0 Å². The van der Waals surface area contributed by atoms with Gasteiger partial charge in [0.15, 0.2) is 5.82 Å². The summed E-state index contributed by atoms with van der Waals surface area (Å²) in [5.41, 5.74) is -1.05. The molecule has 8 nitrogen and oxygen atoms in total. The number of pyridine rings is 1. The molecule has 4 rings (SSSR count). The Morgan fingerprint density at radius 3 is 2.67 bits per heavy atom. The SMILES string of the molecule is Cc1c(C(=O)Nc2ccc(NC(=O)C3CCCO3)cc2C(F)(F)F)cnn1-c1ccccn1. The molecule has 2 amide bonds. The molecule has 0 aliphatic carbocycles. The first-order valence-corrected chi connectivity index (χ1v) is 10.1. The summed E-state index contributed by atoms with van der Waals surface area (Å²) < 4.78 is 47.8. The summed E-state index contributed by atoms with van der Waals surface area (Å²) >= 11 is 0. The van der Waals surface area contributed by atoms with E-state index in [0.29, 0.717) is 31.0 Å². The second kappa shape index (κ2) is 9.02. The maximum Gasteiger partial charge on any atom is 0.418 e. The molecule has 172 valence electrons. The van der Waals surface area contributed by atoms with Gasteiger partial charge in [-0.1, -0.05) is 6.07 Å². The van der Waals surface area contributed by atoms with E-state index in [4.69, 9.17) is 4.74 Å². The van der Waals surface area contributed by atoms with E-state index in [1.807, 2.05) is 0 Å². The largest absolute Gasteiger partial charge is 0.418 e. The minimum atomic E-state index is -4.76. The Balaban J connectivity index is 1.56. The summed E-state index contributed by atoms with van der Waals surface area (Å²) in [4.78, 5) is 29.1. The van der Waals surface area contributed by atoms with Gasteiger partial charge in [-0.15, -0.1) is 0 Å². The molecule has 11 heteroatoms. The smallest absolute Gasteiger partial charge is 0.368 e. The number of amides is 2. The molecular formula is C22H20F3N5O3. The topological polar surface area (TPSA) is 98.1 Å². The van der Waals surface area contributed by atoms with Gasteiger partial charge in [0.25, 0.3) is 11.8 Å². The molecule has 1 aromatic carbocycles. The summed E-state index contributed by atoms with van der Waals surface area (Å²) in [6, 6.07) is 8.34. The maximum absolute atomic E-state index is 13.7. The van der Waals surface area contributed by atoms with E-state index in [0.717, 1.165) is 12.1 Å². The molecule has 0 bridgehead atoms. The highest BCUT2D eigenvalue weighted by molar-refractivity contribution is 6.05. The van der Waals surface area contributed by atoms with Gasteiger partial charge in [-0.3, -0.25) is 9.59 Å². The zero-order valence-electron chi connectivity index (χ0n) is 17.5. The van der Waals surface area contributed by atoms with Gasteiger partial charge in [-0.2, -0.15) is 18.3 Å². The molecule has 1 aliphatic heterocycles. The number of aromatic nitrogens is 3. The van der Waals surface area contributed by atoms with E-state index in [-0.39, 0.29) is 11.3 Å². The fourth-order valence-electron chi connectivity index (χ4n) is 3.50. The average molecular weight is 459 g/mol. The fourth-order valence-corrected chi connectivity index (χ4v) is 3.50. The van der Waals surface area contributed by atoms with Gasteiger partial charge >= 0.3 is 6.18 Å². The molecule has 2 aromatic heterocycles. The molecule has 33 heavy (non-hydrogen) atoms. The molecule has 3 heterocycles. The van der Waals surface area contributed by atoms with Crippen LogP contribution >= 0.6 is 0 Å². The van der Waals surface area contributed by atoms with Crippen molar-refractivity contribution >= 4 is 23.2 Å². The molecule has 1 aliphatic rings. The minimum Gasteiger partial charge on any atom is -0.368 e. The number of benzene rings is 1. The van der Waals surface area contributed by atoms with Crippen molar-refractivity contribution in [1.82, 2.24) is 14.8 Å². The van der Waals surface area contributed by atoms with Crippen molar-refractivity contribution in [3.8, 4) is 5.82 Å². The van der Waals surface area contributed by atoms with Gasteiger partial charge in [0.1, 0.15) is 6.10 Å². The van der Waals surface area contributed by atoms with Crippen molar-refractivity contribution < 1.29 is 27.5 Å². The van der Waals surface area contributed by atoms with Gasteiger partial charge < -0.3 is 15.4 Å². The summed E-state index contributed by atoms with van der Waals surface area (Å²) in [7, 11) is 0. The third-order valence-electron chi connectivity index (χ3n) is 5.18. The van der Waals surface area contributed by atoms with Gasteiger partial charge in [0.05, 0.1) is 28.7 Å². The predicted octanol–water partition coefficient (Wildman–Crippen LogP) is 3.96. The Morgan fingerprint density at radius 1 is 1.18 bits per heavy atom. The number of anilines is 2. The van der Waals surface area contributed by atoms with E-state index < -0.39 is 35.3 Å². The van der Waals surface area contributed by atoms with Crippen molar-refractivity contribution in [3.63, 3.8) is 0 Å². The highest BCUT2D eigenvalue weighted by Gasteiger charge is 2.35. The third kappa shape index (κ3) is 4.87. The zero-order chi connectivity index (χ0) is 23.6. The molecule has 1 atom stereocenters. The molecule has 0 saturated carbocycles. The number of hydrogen-bond acceptors (Lipinski definition) is 5. The number of hydrogen-bond donors (Lipinski definition) is 2. The molecule has 1 saturated heterocycles. The van der Waals surface area contributed by atoms with E-state index in [1.54, 1.807) is 31.3 Å². The van der Waals surface area contributed by atoms with Gasteiger partial charge in [0.2, 0.25) is 0 Å². The van der Waals surface area contributed by atoms with Crippen LogP contribution in [0.3, 0.4) is 0 Å². The lowest BCUT2D eigenvalue weighted by Crippen LogP contribution is -2.27. The molecule has 3 aromatic rings. The second-order valence-electron chi connectivity index (χ2n) is 7.45. The molecule has 1 unspecified atom stereocenters. The van der Waals surface area contributed by atoms with Crippen LogP contribution in [0, 0.1) is 6.92 Å². The quantitative estimate of drug-likeness (QED) is 0.602. The number of carbonyl (C=O) groups is 2. The summed E-state index contributed by atoms with van der Waals surface area (Å²) in [5, 5.41) is 8.86. The standard InChI is InChI=1S/C22H20F3N5O3/c1-13-15(12-27-30(13)19-6-2-3-9-26-19)20(31)29-17-8-7-14(11-16(17)22(23,24)25)28-21(32)18-5-4-10-33-18/h2-3,6-9,11-12,18H,4-5,10H2,1H3,(H,28,32)(H,29,31). The molecule has 0 radical (unpaired) electrons. The Bertz CT molecular complexity index is 1170. The number of halogens is 3. The summed E-state index contributed by atoms with van der Waals surface area (Å²) in [5.74, 6) is -0.789. The number of ether oxygens (including phenoxy) is 1.